The van der Waals surface area contributed by atoms with Crippen LogP contribution in [0.15, 0.2) is 45.6 Å². The van der Waals surface area contributed by atoms with Gasteiger partial charge in [0.05, 0.1) is 51.1 Å². The molecule has 1 amide bonds. The van der Waals surface area contributed by atoms with Crippen LogP contribution in [-0.2, 0) is 71.2 Å². The number of amides is 1. The number of imidazole rings is 2. The van der Waals surface area contributed by atoms with Gasteiger partial charge in [-0.15, -0.1) is 0 Å². The number of nitrogens with two attached hydrogens (primary N) is 2. The summed E-state index contributed by atoms with van der Waals surface area (Å²) in [6.07, 6.45) is -11.8. The lowest BCUT2D eigenvalue weighted by Gasteiger charge is -2.35. The quantitative estimate of drug-likeness (QED) is 0.0178. The highest BCUT2D eigenvalue weighted by Crippen LogP contribution is 2.68. The molecule has 4 unspecified atom stereocenters. The van der Waals surface area contributed by atoms with E-state index in [9.17, 15) is 72.3 Å². The molecule has 8 heterocycles. The maximum atomic E-state index is 14.2. The lowest BCUT2D eigenvalue weighted by molar-refractivity contribution is -0.646. The molecule has 3 fully saturated rings. The van der Waals surface area contributed by atoms with Crippen LogP contribution in [0.4, 0.5) is 11.8 Å². The Hall–Kier alpha value is -5.07. The number of carbonyl (C=O) groups is 1. The SMILES string of the molecule is CO[C@@H]1[C@H](P(=O)([O-])OC[C@H]2O[C@@H](n3ccc(=O)[nH]c3=O)[C@H](O)[C@@H]2O)[C@@H](COP(=O)(O)OP(=O)(O)OP(=O)(O)OC[C@H]2O[C@@H](n3c[n+](C)c4c(=O)[nH]c(N)nc43)[C@H](O)[C@@H]2CCCNC(C)=O)O[C@H]1n1cnc2c(N)ncnc21. The van der Waals surface area contributed by atoms with Gasteiger partial charge in [0.1, 0.15) is 50.0 Å². The zero-order valence-corrected chi connectivity index (χ0v) is 43.7. The molecule has 0 radical (unpaired) electrons. The van der Waals surface area contributed by atoms with Crippen LogP contribution in [0.2, 0.25) is 0 Å². The molecule has 5 aromatic heterocycles. The summed E-state index contributed by atoms with van der Waals surface area (Å²) in [7, 11) is -21.1. The van der Waals surface area contributed by atoms with E-state index in [1.54, 1.807) is 0 Å². The van der Waals surface area contributed by atoms with Crippen molar-refractivity contribution in [3.05, 3.63) is 62.4 Å². The van der Waals surface area contributed by atoms with E-state index in [1.165, 1.54) is 29.4 Å². The Morgan fingerprint density at radius 3 is 2.13 bits per heavy atom. The number of hydrogen-bond donors (Lipinski definition) is 11. The van der Waals surface area contributed by atoms with E-state index in [0.29, 0.717) is 0 Å². The van der Waals surface area contributed by atoms with E-state index in [0.717, 1.165) is 41.2 Å². The minimum absolute atomic E-state index is 0.0151. The van der Waals surface area contributed by atoms with Crippen molar-refractivity contribution in [1.29, 1.82) is 0 Å². The van der Waals surface area contributed by atoms with Gasteiger partial charge in [-0.3, -0.25) is 42.5 Å². The van der Waals surface area contributed by atoms with Crippen LogP contribution in [0.25, 0.3) is 22.3 Å². The molecule has 13 N–H and O–H groups in total. The van der Waals surface area contributed by atoms with Gasteiger partial charge in [-0.05, 0) is 12.8 Å². The molecule has 0 bridgehead atoms. The molecule has 0 aliphatic carbocycles. The van der Waals surface area contributed by atoms with E-state index in [4.69, 9.17) is 44.0 Å². The van der Waals surface area contributed by atoms with E-state index in [2.05, 4.69) is 38.9 Å². The van der Waals surface area contributed by atoms with Crippen molar-refractivity contribution < 1.29 is 104 Å². The molecule has 0 aromatic carbocycles. The maximum absolute atomic E-state index is 14.2. The number of anilines is 2. The van der Waals surface area contributed by atoms with Crippen molar-refractivity contribution >= 4 is 71.1 Å². The Morgan fingerprint density at radius 2 is 1.47 bits per heavy atom. The molecule has 3 aliphatic heterocycles. The van der Waals surface area contributed by atoms with Gasteiger partial charge in [-0.1, -0.05) is 0 Å². The number of methoxy groups -OCH3 is 1. The van der Waals surface area contributed by atoms with E-state index in [-0.39, 0.29) is 59.4 Å². The standard InChI is InChI=1S/C36H51N13O24P4/c1-15(50)39-7-4-5-16-17(69-32(23(16)52)49-14-46(2)22-30(49)44-35(38)45-31(22)55)9-67-75(59,60)72-77(63,64)73-76(61,62)68-11-19-27(26(65-3)34(71-19)48-13-42-21-28(37)40-12-41-29(21)48)74(57,58)66-10-18-24(53)25(54)33(70-18)47-8-6-20(51)43-36(47)56/h6,8,12-14,16-19,23-27,32-34,52-54H,4-5,7,9-11H2,1-3H3,(H10-,37,38,39,40,41,43,44,45,50,51,55,56,57,58,59,60,61,62,63,64)/t16-,17-,18-,19-,23-,24-,25-,26-,27-,32-,33-,34-/m1/s1. The number of nitrogens with one attached hydrogen (secondary N) is 3. The molecule has 0 saturated carbocycles. The summed E-state index contributed by atoms with van der Waals surface area (Å²) in [6, 6.07) is 0.914. The summed E-state index contributed by atoms with van der Waals surface area (Å²) in [6.45, 7) is -1.99. The highest BCUT2D eigenvalue weighted by Gasteiger charge is 2.55. The second-order valence-electron chi connectivity index (χ2n) is 17.5. The molecule has 424 valence electrons. The Labute approximate surface area is 430 Å². The van der Waals surface area contributed by atoms with Gasteiger partial charge < -0.3 is 79.7 Å². The second-order valence-corrected chi connectivity index (χ2v) is 24.1. The number of phosphoric acid groups is 3. The van der Waals surface area contributed by atoms with Gasteiger partial charge in [0.2, 0.25) is 24.4 Å². The van der Waals surface area contributed by atoms with Crippen LogP contribution in [0.5, 0.6) is 0 Å². The van der Waals surface area contributed by atoms with Gasteiger partial charge in [0.25, 0.3) is 16.7 Å². The summed E-state index contributed by atoms with van der Waals surface area (Å²) >= 11 is 0. The number of nitrogen functional groups attached to an aromatic ring is 2. The third kappa shape index (κ3) is 12.5. The number of H-pyrrole nitrogens is 2. The Balaban J connectivity index is 0.962. The molecule has 77 heavy (non-hydrogen) atoms. The molecule has 16 atom stereocenters. The number of fused-ring (bicyclic) bond motifs is 2. The molecule has 8 rings (SSSR count). The average Bonchev–Trinajstić information content (AvgIpc) is 4.20. The van der Waals surface area contributed by atoms with Crippen LogP contribution in [-0.4, -0.2) is 161 Å². The number of phosphoric ester groups is 2. The van der Waals surface area contributed by atoms with Crippen molar-refractivity contribution in [1.82, 2.24) is 48.9 Å². The summed E-state index contributed by atoms with van der Waals surface area (Å²) in [5.74, 6) is -1.73. The number of nitrogens with zero attached hydrogens (tertiary/aromatic N) is 8. The zero-order valence-electron chi connectivity index (χ0n) is 40.1. The van der Waals surface area contributed by atoms with Crippen LogP contribution < -0.4 is 43.1 Å². The predicted octanol–water partition coefficient (Wildman–Crippen LogP) is -4.27. The summed E-state index contributed by atoms with van der Waals surface area (Å²) < 4.78 is 105. The van der Waals surface area contributed by atoms with E-state index < -0.39 is 141 Å². The van der Waals surface area contributed by atoms with E-state index in [1.807, 2.05) is 4.98 Å². The Bertz CT molecular complexity index is 3390. The highest BCUT2D eigenvalue weighted by atomic mass is 31.3. The molecule has 37 nitrogen and oxygen atoms in total. The first-order valence-electron chi connectivity index (χ1n) is 22.5. The second kappa shape index (κ2) is 22.6. The first-order chi connectivity index (χ1) is 36.1. The van der Waals surface area contributed by atoms with Gasteiger partial charge in [-0.25, -0.2) is 38.0 Å². The van der Waals surface area contributed by atoms with Gasteiger partial charge in [-0.2, -0.15) is 18.2 Å². The van der Waals surface area contributed by atoms with E-state index >= 15 is 0 Å². The molecule has 0 spiro atoms. The lowest BCUT2D eigenvalue weighted by atomic mass is 9.93. The summed E-state index contributed by atoms with van der Waals surface area (Å²) in [4.78, 5) is 115. The monoisotopic (exact) mass is 1170 g/mol. The fraction of sp³-hybridized carbons (Fsp3) is 0.583. The fourth-order valence-corrected chi connectivity index (χ4v) is 14.3. The first-order valence-corrected chi connectivity index (χ1v) is 28.6. The smallest absolute Gasteiger partial charge is 0.490 e. The number of hydrogen-bond acceptors (Lipinski definition) is 27. The molecular formula is C36H51N13O24P4. The molecule has 5 aromatic rings. The molecule has 3 saturated heterocycles. The van der Waals surface area contributed by atoms with Crippen molar-refractivity contribution in [3.8, 4) is 0 Å². The normalized spacial score (nSPS) is 29.8. The number of aliphatic hydroxyl groups excluding tert-OH is 3. The molecular weight excluding hydrogens is 1120 g/mol. The average molecular weight is 1170 g/mol. The zero-order chi connectivity index (χ0) is 56.1. The Kier molecular flexibility index (Phi) is 17.0. The van der Waals surface area contributed by atoms with Gasteiger partial charge in [0, 0.05) is 38.8 Å². The highest BCUT2D eigenvalue weighted by molar-refractivity contribution is 7.66. The number of ether oxygens (including phenoxy) is 4. The first kappa shape index (κ1) is 58.1. The number of carbonyl (C=O) groups excluding carboxylic acids is 1. The molecule has 41 heteroatoms. The number of aromatic nitrogens is 10. The third-order valence-corrected chi connectivity index (χ3v) is 18.5. The maximum Gasteiger partial charge on any atom is 0.490 e. The minimum atomic E-state index is -6.24. The number of rotatable bonds is 22. The third-order valence-electron chi connectivity index (χ3n) is 12.4. The van der Waals surface area contributed by atoms with Crippen LogP contribution in [0, 0.1) is 5.92 Å². The number of aryl methyl sites for hydroxylation is 1. The summed E-state index contributed by atoms with van der Waals surface area (Å²) in [5, 5.41) is 35.6. The minimum Gasteiger partial charge on any atom is -0.778 e. The van der Waals surface area contributed by atoms with Crippen LogP contribution >= 0.6 is 31.1 Å². The topological polar surface area (TPSA) is 530 Å². The number of aromatic amines is 2. The largest absolute Gasteiger partial charge is 0.778 e. The van der Waals surface area contributed by atoms with Gasteiger partial charge >= 0.3 is 34.7 Å². The van der Waals surface area contributed by atoms with Crippen LogP contribution in [0.1, 0.15) is 38.4 Å². The fourth-order valence-electron chi connectivity index (χ4n) is 9.02. The summed E-state index contributed by atoms with van der Waals surface area (Å²) in [5.41, 5.74) is 7.09. The number of aliphatic hydroxyl groups is 3. The van der Waals surface area contributed by atoms with Crippen molar-refractivity contribution in [2.45, 2.75) is 86.8 Å². The predicted molar refractivity (Wildman–Crippen MR) is 250 cm³/mol. The van der Waals surface area contributed by atoms with Crippen molar-refractivity contribution in [2.24, 2.45) is 13.0 Å². The van der Waals surface area contributed by atoms with Gasteiger partial charge in [0.15, 0.2) is 23.9 Å². The van der Waals surface area contributed by atoms with Crippen molar-refractivity contribution in [2.75, 3.05) is 44.9 Å². The van der Waals surface area contributed by atoms with Crippen LogP contribution in [0.3, 0.4) is 0 Å². The molecule has 3 aliphatic rings. The Morgan fingerprint density at radius 1 is 0.831 bits per heavy atom. The lowest BCUT2D eigenvalue weighted by Crippen LogP contribution is -2.40. The van der Waals surface area contributed by atoms with Crippen molar-refractivity contribution in [3.63, 3.8) is 0 Å².